The van der Waals surface area contributed by atoms with E-state index < -0.39 is 0 Å². The third kappa shape index (κ3) is 2.57. The molecule has 0 aliphatic rings. The van der Waals surface area contributed by atoms with Gasteiger partial charge in [-0.3, -0.25) is 0 Å². The molecule has 2 N–H and O–H groups in total. The normalized spacial score (nSPS) is 10.2. The van der Waals surface area contributed by atoms with Gasteiger partial charge < -0.3 is 15.2 Å². The first-order valence-electron chi connectivity index (χ1n) is 4.89. The molecule has 0 saturated heterocycles. The number of nitrogens with zero attached hydrogens (tertiary/aromatic N) is 2. The van der Waals surface area contributed by atoms with Crippen molar-refractivity contribution in [1.82, 2.24) is 9.97 Å². The number of nitrogens with two attached hydrogens (primary N) is 1. The molecule has 0 aliphatic heterocycles. The van der Waals surface area contributed by atoms with Gasteiger partial charge in [0.2, 0.25) is 5.75 Å². The highest BCUT2D eigenvalue weighted by Gasteiger charge is 2.13. The zero-order valence-electron chi connectivity index (χ0n) is 9.35. The lowest BCUT2D eigenvalue weighted by Crippen LogP contribution is -2.00. The standard InChI is InChI=1S/C11H9Cl2N3O2/c1-17-9-10(14)15-5-16-11(9)18-8-4-6(12)2-3-7(8)13/h2-5H,1H3,(H2,14,15,16). The van der Waals surface area contributed by atoms with Crippen molar-refractivity contribution >= 4 is 29.0 Å². The van der Waals surface area contributed by atoms with E-state index in [9.17, 15) is 0 Å². The largest absolute Gasteiger partial charge is 0.489 e. The highest BCUT2D eigenvalue weighted by molar-refractivity contribution is 6.34. The molecule has 0 radical (unpaired) electrons. The molecule has 0 saturated carbocycles. The number of hydrogen-bond donors (Lipinski definition) is 1. The van der Waals surface area contributed by atoms with Gasteiger partial charge in [0.15, 0.2) is 5.82 Å². The van der Waals surface area contributed by atoms with Crippen LogP contribution in [0.1, 0.15) is 0 Å². The third-order valence-corrected chi connectivity index (χ3v) is 2.65. The molecule has 1 aromatic heterocycles. The summed E-state index contributed by atoms with van der Waals surface area (Å²) in [5.41, 5.74) is 5.64. The lowest BCUT2D eigenvalue weighted by molar-refractivity contribution is 0.369. The predicted molar refractivity (Wildman–Crippen MR) is 69.5 cm³/mol. The van der Waals surface area contributed by atoms with Crippen LogP contribution < -0.4 is 15.2 Å². The van der Waals surface area contributed by atoms with Crippen LogP contribution in [0.2, 0.25) is 10.0 Å². The lowest BCUT2D eigenvalue weighted by Gasteiger charge is -2.11. The van der Waals surface area contributed by atoms with Crippen LogP contribution in [0.5, 0.6) is 17.4 Å². The second kappa shape index (κ2) is 5.29. The van der Waals surface area contributed by atoms with Crippen molar-refractivity contribution in [2.24, 2.45) is 0 Å². The first kappa shape index (κ1) is 12.7. The Bertz CT molecular complexity index is 578. The van der Waals surface area contributed by atoms with E-state index in [-0.39, 0.29) is 17.4 Å². The summed E-state index contributed by atoms with van der Waals surface area (Å²) >= 11 is 11.8. The minimum Gasteiger partial charge on any atom is -0.489 e. The molecule has 0 aliphatic carbocycles. The number of halogens is 2. The molecule has 1 heterocycles. The average molecular weight is 286 g/mol. The van der Waals surface area contributed by atoms with Crippen molar-refractivity contribution in [1.29, 1.82) is 0 Å². The monoisotopic (exact) mass is 285 g/mol. The molecule has 2 rings (SSSR count). The van der Waals surface area contributed by atoms with Gasteiger partial charge in [0.25, 0.3) is 5.88 Å². The van der Waals surface area contributed by atoms with Crippen LogP contribution in [0.25, 0.3) is 0 Å². The predicted octanol–water partition coefficient (Wildman–Crippen LogP) is 3.17. The zero-order valence-corrected chi connectivity index (χ0v) is 10.9. The fraction of sp³-hybridized carbons (Fsp3) is 0.0909. The van der Waals surface area contributed by atoms with E-state index in [1.807, 2.05) is 0 Å². The SMILES string of the molecule is COc1c(N)ncnc1Oc1cc(Cl)ccc1Cl. The molecule has 0 unspecified atom stereocenters. The Morgan fingerprint density at radius 2 is 2.00 bits per heavy atom. The maximum Gasteiger partial charge on any atom is 0.268 e. The van der Waals surface area contributed by atoms with E-state index >= 15 is 0 Å². The number of methoxy groups -OCH3 is 1. The summed E-state index contributed by atoms with van der Waals surface area (Å²) in [5, 5.41) is 0.897. The minimum atomic E-state index is 0.175. The maximum absolute atomic E-state index is 5.98. The van der Waals surface area contributed by atoms with E-state index in [1.54, 1.807) is 18.2 Å². The van der Waals surface area contributed by atoms with E-state index in [2.05, 4.69) is 9.97 Å². The van der Waals surface area contributed by atoms with Crippen LogP contribution in [0.4, 0.5) is 5.82 Å². The van der Waals surface area contributed by atoms with Gasteiger partial charge in [-0.1, -0.05) is 23.2 Å². The van der Waals surface area contributed by atoms with E-state index in [0.29, 0.717) is 15.8 Å². The van der Waals surface area contributed by atoms with Gasteiger partial charge in [0.1, 0.15) is 12.1 Å². The van der Waals surface area contributed by atoms with E-state index in [0.717, 1.165) is 0 Å². The van der Waals surface area contributed by atoms with Crippen LogP contribution >= 0.6 is 23.2 Å². The van der Waals surface area contributed by atoms with Crippen LogP contribution in [-0.4, -0.2) is 17.1 Å². The van der Waals surface area contributed by atoms with Gasteiger partial charge in [0.05, 0.1) is 12.1 Å². The molecular formula is C11H9Cl2N3O2. The summed E-state index contributed by atoms with van der Waals surface area (Å²) in [6, 6.07) is 4.85. The zero-order chi connectivity index (χ0) is 13.1. The Balaban J connectivity index is 2.40. The van der Waals surface area contributed by atoms with Crippen molar-refractivity contribution in [2.45, 2.75) is 0 Å². The molecule has 5 nitrogen and oxygen atoms in total. The highest BCUT2D eigenvalue weighted by Crippen LogP contribution is 2.36. The average Bonchev–Trinajstić information content (AvgIpc) is 2.34. The molecule has 1 aromatic carbocycles. The second-order valence-electron chi connectivity index (χ2n) is 3.27. The smallest absolute Gasteiger partial charge is 0.268 e. The number of benzene rings is 1. The molecule has 0 bridgehead atoms. The first-order valence-corrected chi connectivity index (χ1v) is 5.64. The first-order chi connectivity index (χ1) is 8.61. The van der Waals surface area contributed by atoms with Crippen LogP contribution in [-0.2, 0) is 0 Å². The third-order valence-electron chi connectivity index (χ3n) is 2.10. The van der Waals surface area contributed by atoms with Gasteiger partial charge in [0, 0.05) is 11.1 Å². The number of anilines is 1. The lowest BCUT2D eigenvalue weighted by atomic mass is 10.3. The van der Waals surface area contributed by atoms with Gasteiger partial charge in [-0.05, 0) is 12.1 Å². The van der Waals surface area contributed by atoms with Crippen LogP contribution in [0.3, 0.4) is 0 Å². The van der Waals surface area contributed by atoms with Gasteiger partial charge in [-0.25, -0.2) is 4.98 Å². The number of nitrogen functional groups attached to an aromatic ring is 1. The van der Waals surface area contributed by atoms with Crippen molar-refractivity contribution in [3.05, 3.63) is 34.6 Å². The summed E-state index contributed by atoms with van der Waals surface area (Å²) in [5.74, 6) is 0.962. The minimum absolute atomic E-state index is 0.175. The summed E-state index contributed by atoms with van der Waals surface area (Å²) in [4.78, 5) is 7.73. The molecule has 0 atom stereocenters. The Morgan fingerprint density at radius 1 is 1.22 bits per heavy atom. The second-order valence-corrected chi connectivity index (χ2v) is 4.12. The van der Waals surface area contributed by atoms with Gasteiger partial charge in [-0.15, -0.1) is 0 Å². The Hall–Kier alpha value is -1.72. The Labute approximate surface area is 113 Å². The molecule has 0 spiro atoms. The Kier molecular flexibility index (Phi) is 3.74. The summed E-state index contributed by atoms with van der Waals surface area (Å²) < 4.78 is 10.6. The number of hydrogen-bond acceptors (Lipinski definition) is 5. The van der Waals surface area contributed by atoms with Crippen molar-refractivity contribution in [2.75, 3.05) is 12.8 Å². The van der Waals surface area contributed by atoms with E-state index in [1.165, 1.54) is 13.4 Å². The molecule has 0 amide bonds. The molecule has 18 heavy (non-hydrogen) atoms. The summed E-state index contributed by atoms with van der Waals surface area (Å²) in [7, 11) is 1.45. The van der Waals surface area contributed by atoms with Crippen LogP contribution in [0, 0.1) is 0 Å². The Morgan fingerprint density at radius 3 is 2.72 bits per heavy atom. The maximum atomic E-state index is 5.98. The van der Waals surface area contributed by atoms with Crippen LogP contribution in [0.15, 0.2) is 24.5 Å². The quantitative estimate of drug-likeness (QED) is 0.938. The number of rotatable bonds is 3. The molecular weight excluding hydrogens is 277 g/mol. The molecule has 0 fully saturated rings. The summed E-state index contributed by atoms with van der Waals surface area (Å²) in [6.45, 7) is 0. The van der Waals surface area contributed by atoms with Crippen molar-refractivity contribution < 1.29 is 9.47 Å². The van der Waals surface area contributed by atoms with Crippen molar-refractivity contribution in [3.8, 4) is 17.4 Å². The van der Waals surface area contributed by atoms with Crippen molar-refractivity contribution in [3.63, 3.8) is 0 Å². The molecule has 94 valence electrons. The van der Waals surface area contributed by atoms with E-state index in [4.69, 9.17) is 38.4 Å². The topological polar surface area (TPSA) is 70.3 Å². The van der Waals surface area contributed by atoms with Gasteiger partial charge in [-0.2, -0.15) is 4.98 Å². The highest BCUT2D eigenvalue weighted by atomic mass is 35.5. The fourth-order valence-corrected chi connectivity index (χ4v) is 1.61. The number of ether oxygens (including phenoxy) is 2. The number of aromatic nitrogens is 2. The molecule has 2 aromatic rings. The van der Waals surface area contributed by atoms with Gasteiger partial charge >= 0.3 is 0 Å². The summed E-state index contributed by atoms with van der Waals surface area (Å²) in [6.07, 6.45) is 1.27. The molecule has 7 heteroatoms. The fourth-order valence-electron chi connectivity index (χ4n) is 1.29.